The van der Waals surface area contributed by atoms with Crippen LogP contribution in [0, 0.1) is 6.92 Å². The molecule has 0 atom stereocenters. The van der Waals surface area contributed by atoms with E-state index in [9.17, 15) is 9.59 Å². The summed E-state index contributed by atoms with van der Waals surface area (Å²) in [5, 5.41) is 2.76. The lowest BCUT2D eigenvalue weighted by molar-refractivity contribution is -0.116. The maximum absolute atomic E-state index is 11.8. The highest BCUT2D eigenvalue weighted by Gasteiger charge is 2.04. The van der Waals surface area contributed by atoms with Gasteiger partial charge in [0, 0.05) is 36.6 Å². The number of nitrogens with zero attached hydrogens (tertiary/aromatic N) is 1. The van der Waals surface area contributed by atoms with Crippen LogP contribution < -0.4 is 16.6 Å². The SMILES string of the molecule is Cc1ccn(CCC(=O)Nc2ccc(N)cc2)c(=O)c1. The Bertz CT molecular complexity index is 660. The summed E-state index contributed by atoms with van der Waals surface area (Å²) in [4.78, 5) is 23.5. The molecule has 0 aliphatic rings. The van der Waals surface area contributed by atoms with E-state index in [1.807, 2.05) is 13.0 Å². The Morgan fingerprint density at radius 3 is 2.60 bits per heavy atom. The Balaban J connectivity index is 1.92. The second-order valence-electron chi connectivity index (χ2n) is 4.66. The Morgan fingerprint density at radius 2 is 1.95 bits per heavy atom. The van der Waals surface area contributed by atoms with Crippen molar-refractivity contribution in [3.8, 4) is 0 Å². The highest BCUT2D eigenvalue weighted by Crippen LogP contribution is 2.10. The number of carbonyl (C=O) groups is 1. The van der Waals surface area contributed by atoms with Crippen LogP contribution in [0.5, 0.6) is 0 Å². The number of aromatic nitrogens is 1. The predicted molar refractivity (Wildman–Crippen MR) is 79.5 cm³/mol. The quantitative estimate of drug-likeness (QED) is 0.832. The fraction of sp³-hybridized carbons (Fsp3) is 0.200. The van der Waals surface area contributed by atoms with Crippen molar-refractivity contribution in [3.63, 3.8) is 0 Å². The fourth-order valence-corrected chi connectivity index (χ4v) is 1.80. The van der Waals surface area contributed by atoms with Crippen LogP contribution in [0.4, 0.5) is 11.4 Å². The molecule has 1 aromatic carbocycles. The Hall–Kier alpha value is -2.56. The number of carbonyl (C=O) groups excluding carboxylic acids is 1. The normalized spacial score (nSPS) is 10.2. The van der Waals surface area contributed by atoms with Gasteiger partial charge >= 0.3 is 0 Å². The Kier molecular flexibility index (Phi) is 4.20. The fourth-order valence-electron chi connectivity index (χ4n) is 1.80. The number of hydrogen-bond donors (Lipinski definition) is 2. The number of nitrogen functional groups attached to an aromatic ring is 1. The summed E-state index contributed by atoms with van der Waals surface area (Å²) in [7, 11) is 0. The lowest BCUT2D eigenvalue weighted by atomic mass is 10.2. The summed E-state index contributed by atoms with van der Waals surface area (Å²) < 4.78 is 1.52. The van der Waals surface area contributed by atoms with E-state index in [0.29, 0.717) is 17.9 Å². The van der Waals surface area contributed by atoms with Gasteiger partial charge in [-0.3, -0.25) is 9.59 Å². The number of hydrogen-bond acceptors (Lipinski definition) is 3. The number of pyridine rings is 1. The molecule has 0 bridgehead atoms. The molecule has 0 spiro atoms. The summed E-state index contributed by atoms with van der Waals surface area (Å²) >= 11 is 0. The largest absolute Gasteiger partial charge is 0.399 e. The van der Waals surface area contributed by atoms with Gasteiger partial charge in [0.15, 0.2) is 0 Å². The number of rotatable bonds is 4. The highest BCUT2D eigenvalue weighted by molar-refractivity contribution is 5.90. The monoisotopic (exact) mass is 271 g/mol. The maximum atomic E-state index is 11.8. The van der Waals surface area contributed by atoms with Crippen molar-refractivity contribution in [3.05, 3.63) is 58.5 Å². The lowest BCUT2D eigenvalue weighted by Gasteiger charge is -2.07. The average Bonchev–Trinajstić information content (AvgIpc) is 2.40. The van der Waals surface area contributed by atoms with E-state index in [1.165, 1.54) is 4.57 Å². The van der Waals surface area contributed by atoms with Gasteiger partial charge < -0.3 is 15.6 Å². The van der Waals surface area contributed by atoms with Crippen molar-refractivity contribution in [1.29, 1.82) is 0 Å². The maximum Gasteiger partial charge on any atom is 0.250 e. The van der Waals surface area contributed by atoms with Crippen LogP contribution in [0.15, 0.2) is 47.4 Å². The first kappa shape index (κ1) is 13.9. The molecule has 0 fully saturated rings. The first-order chi connectivity index (χ1) is 9.54. The van der Waals surface area contributed by atoms with E-state index in [4.69, 9.17) is 5.73 Å². The summed E-state index contributed by atoms with van der Waals surface area (Å²) in [5.74, 6) is -0.137. The molecule has 5 nitrogen and oxygen atoms in total. The van der Waals surface area contributed by atoms with Crippen molar-refractivity contribution in [2.45, 2.75) is 19.9 Å². The zero-order valence-corrected chi connectivity index (χ0v) is 11.3. The number of amides is 1. The van der Waals surface area contributed by atoms with Crippen molar-refractivity contribution < 1.29 is 4.79 Å². The summed E-state index contributed by atoms with van der Waals surface area (Å²) in [6, 6.07) is 10.3. The topological polar surface area (TPSA) is 77.1 Å². The van der Waals surface area contributed by atoms with Gasteiger partial charge in [0.25, 0.3) is 5.56 Å². The molecule has 104 valence electrons. The van der Waals surface area contributed by atoms with Gasteiger partial charge in [0.2, 0.25) is 5.91 Å². The average molecular weight is 271 g/mol. The van der Waals surface area contributed by atoms with Gasteiger partial charge in [-0.2, -0.15) is 0 Å². The summed E-state index contributed by atoms with van der Waals surface area (Å²) in [5.41, 5.74) is 7.73. The molecule has 2 aromatic rings. The number of aryl methyl sites for hydroxylation is 2. The van der Waals surface area contributed by atoms with Crippen LogP contribution in [-0.2, 0) is 11.3 Å². The third-order valence-electron chi connectivity index (χ3n) is 2.93. The smallest absolute Gasteiger partial charge is 0.250 e. The predicted octanol–water partition coefficient (Wildman–Crippen LogP) is 1.77. The lowest BCUT2D eigenvalue weighted by Crippen LogP contribution is -2.22. The van der Waals surface area contributed by atoms with Crippen molar-refractivity contribution in [2.24, 2.45) is 0 Å². The number of nitrogens with two attached hydrogens (primary N) is 1. The summed E-state index contributed by atoms with van der Waals surface area (Å²) in [6.45, 7) is 2.22. The van der Waals surface area contributed by atoms with Crippen LogP contribution in [0.1, 0.15) is 12.0 Å². The molecule has 5 heteroatoms. The molecule has 20 heavy (non-hydrogen) atoms. The van der Waals surface area contributed by atoms with Gasteiger partial charge in [-0.1, -0.05) is 0 Å². The molecular weight excluding hydrogens is 254 g/mol. The molecule has 0 aliphatic carbocycles. The molecule has 2 rings (SSSR count). The van der Waals surface area contributed by atoms with E-state index >= 15 is 0 Å². The molecular formula is C15H17N3O2. The third kappa shape index (κ3) is 3.71. The van der Waals surface area contributed by atoms with Gasteiger partial charge in [-0.25, -0.2) is 0 Å². The van der Waals surface area contributed by atoms with E-state index in [0.717, 1.165) is 5.56 Å². The number of nitrogens with one attached hydrogen (secondary N) is 1. The highest BCUT2D eigenvalue weighted by atomic mass is 16.1. The van der Waals surface area contributed by atoms with Crippen LogP contribution in [0.3, 0.4) is 0 Å². The molecule has 1 heterocycles. The van der Waals surface area contributed by atoms with Gasteiger partial charge in [0.1, 0.15) is 0 Å². The first-order valence-corrected chi connectivity index (χ1v) is 6.37. The number of anilines is 2. The minimum Gasteiger partial charge on any atom is -0.399 e. The standard InChI is InChI=1S/C15H17N3O2/c1-11-6-8-18(15(20)10-11)9-7-14(19)17-13-4-2-12(16)3-5-13/h2-6,8,10H,7,9,16H2,1H3,(H,17,19). The molecule has 1 aromatic heterocycles. The van der Waals surface area contributed by atoms with Crippen LogP contribution >= 0.6 is 0 Å². The second kappa shape index (κ2) is 6.06. The number of benzene rings is 1. The van der Waals surface area contributed by atoms with Crippen molar-refractivity contribution >= 4 is 17.3 Å². The van der Waals surface area contributed by atoms with Gasteiger partial charge in [-0.05, 0) is 42.8 Å². The molecule has 1 amide bonds. The van der Waals surface area contributed by atoms with Gasteiger partial charge in [-0.15, -0.1) is 0 Å². The van der Waals surface area contributed by atoms with E-state index < -0.39 is 0 Å². The molecule has 0 saturated carbocycles. The zero-order valence-electron chi connectivity index (χ0n) is 11.3. The Morgan fingerprint density at radius 1 is 1.25 bits per heavy atom. The minimum atomic E-state index is -0.137. The van der Waals surface area contributed by atoms with Crippen molar-refractivity contribution in [2.75, 3.05) is 11.1 Å². The summed E-state index contributed by atoms with van der Waals surface area (Å²) in [6.07, 6.45) is 1.95. The zero-order chi connectivity index (χ0) is 14.5. The van der Waals surface area contributed by atoms with E-state index in [1.54, 1.807) is 36.5 Å². The van der Waals surface area contributed by atoms with Crippen LogP contribution in [0.25, 0.3) is 0 Å². The second-order valence-corrected chi connectivity index (χ2v) is 4.66. The van der Waals surface area contributed by atoms with Crippen molar-refractivity contribution in [1.82, 2.24) is 4.57 Å². The van der Waals surface area contributed by atoms with Crippen LogP contribution in [0.2, 0.25) is 0 Å². The molecule has 0 unspecified atom stereocenters. The van der Waals surface area contributed by atoms with Crippen LogP contribution in [-0.4, -0.2) is 10.5 Å². The van der Waals surface area contributed by atoms with Gasteiger partial charge in [0.05, 0.1) is 0 Å². The Labute approximate surface area is 117 Å². The first-order valence-electron chi connectivity index (χ1n) is 6.37. The van der Waals surface area contributed by atoms with E-state index in [2.05, 4.69) is 5.32 Å². The molecule has 0 aliphatic heterocycles. The van der Waals surface area contributed by atoms with E-state index in [-0.39, 0.29) is 17.9 Å². The molecule has 0 radical (unpaired) electrons. The third-order valence-corrected chi connectivity index (χ3v) is 2.93. The minimum absolute atomic E-state index is 0.0923. The molecule has 3 N–H and O–H groups in total. The molecule has 0 saturated heterocycles.